The molecule has 0 radical (unpaired) electrons. The Labute approximate surface area is 181 Å². The van der Waals surface area contributed by atoms with E-state index in [1.807, 2.05) is 0 Å². The van der Waals surface area contributed by atoms with Gasteiger partial charge in [-0.3, -0.25) is 14.9 Å². The summed E-state index contributed by atoms with van der Waals surface area (Å²) in [7, 11) is 0. The Morgan fingerprint density at radius 2 is 1.73 bits per heavy atom. The first-order valence-corrected chi connectivity index (χ1v) is 10.4. The average molecular weight is 473 g/mol. The molecular weight excluding hydrogens is 461 g/mol. The van der Waals surface area contributed by atoms with Crippen LogP contribution in [0.3, 0.4) is 0 Å². The van der Waals surface area contributed by atoms with Crippen LogP contribution in [0.2, 0.25) is 5.02 Å². The summed E-state index contributed by atoms with van der Waals surface area (Å²) in [4.78, 5) is 24.3. The summed E-state index contributed by atoms with van der Waals surface area (Å²) in [5, 5.41) is 12.9. The monoisotopic (exact) mass is 472 g/mol. The van der Waals surface area contributed by atoms with Gasteiger partial charge >= 0.3 is 6.18 Å². The highest BCUT2D eigenvalue weighted by molar-refractivity contribution is 8.01. The molecule has 0 aliphatic rings. The van der Waals surface area contributed by atoms with Gasteiger partial charge in [0.1, 0.15) is 0 Å². The number of rotatable bonds is 6. The van der Waals surface area contributed by atoms with E-state index in [0.717, 1.165) is 29.2 Å². The number of aromatic nitrogens is 2. The van der Waals surface area contributed by atoms with Crippen LogP contribution in [0.25, 0.3) is 0 Å². The van der Waals surface area contributed by atoms with Gasteiger partial charge in [-0.15, -0.1) is 10.2 Å². The highest BCUT2D eigenvalue weighted by Gasteiger charge is 2.33. The molecule has 12 heteroatoms. The predicted molar refractivity (Wildman–Crippen MR) is 110 cm³/mol. The molecule has 0 saturated heterocycles. The van der Waals surface area contributed by atoms with E-state index in [1.165, 1.54) is 18.2 Å². The van der Waals surface area contributed by atoms with E-state index in [9.17, 15) is 22.8 Å². The number of hydrogen-bond donors (Lipinski definition) is 2. The van der Waals surface area contributed by atoms with Crippen molar-refractivity contribution in [3.05, 3.63) is 64.7 Å². The second-order valence-electron chi connectivity index (χ2n) is 5.69. The Kier molecular flexibility index (Phi) is 6.95. The molecule has 3 rings (SSSR count). The van der Waals surface area contributed by atoms with E-state index in [0.29, 0.717) is 4.34 Å². The summed E-state index contributed by atoms with van der Waals surface area (Å²) in [5.41, 5.74) is -0.976. The van der Waals surface area contributed by atoms with Gasteiger partial charge in [0, 0.05) is 0 Å². The van der Waals surface area contributed by atoms with Crippen molar-refractivity contribution in [2.24, 2.45) is 0 Å². The number of alkyl halides is 3. The largest absolute Gasteiger partial charge is 0.418 e. The topological polar surface area (TPSA) is 84.0 Å². The van der Waals surface area contributed by atoms with E-state index in [2.05, 4.69) is 20.8 Å². The first-order chi connectivity index (χ1) is 14.2. The number of amides is 2. The lowest BCUT2D eigenvalue weighted by Gasteiger charge is -2.13. The van der Waals surface area contributed by atoms with Crippen molar-refractivity contribution < 1.29 is 22.8 Å². The summed E-state index contributed by atoms with van der Waals surface area (Å²) >= 11 is 7.97. The van der Waals surface area contributed by atoms with Gasteiger partial charge in [0.2, 0.25) is 11.0 Å². The van der Waals surface area contributed by atoms with Crippen molar-refractivity contribution >= 4 is 57.3 Å². The highest BCUT2D eigenvalue weighted by Crippen LogP contribution is 2.34. The molecule has 156 valence electrons. The van der Waals surface area contributed by atoms with Crippen LogP contribution < -0.4 is 10.6 Å². The second-order valence-corrected chi connectivity index (χ2v) is 8.29. The van der Waals surface area contributed by atoms with Crippen molar-refractivity contribution in [3.63, 3.8) is 0 Å². The maximum atomic E-state index is 13.0. The molecule has 0 atom stereocenters. The minimum absolute atomic E-state index is 0.181. The number of carbonyl (C=O) groups is 2. The maximum Gasteiger partial charge on any atom is 0.418 e. The van der Waals surface area contributed by atoms with Crippen molar-refractivity contribution in [1.29, 1.82) is 0 Å². The molecule has 2 N–H and O–H groups in total. The normalized spacial score (nSPS) is 11.2. The van der Waals surface area contributed by atoms with Crippen LogP contribution in [0, 0.1) is 0 Å². The predicted octanol–water partition coefficient (Wildman–Crippen LogP) is 5.19. The molecular formula is C18H12ClF3N4O2S2. The minimum atomic E-state index is -4.58. The Hall–Kier alpha value is -2.63. The fourth-order valence-corrected chi connectivity index (χ4v) is 4.05. The Balaban J connectivity index is 1.56. The van der Waals surface area contributed by atoms with Gasteiger partial charge in [0.05, 0.1) is 27.6 Å². The first kappa shape index (κ1) is 22.1. The number of benzene rings is 2. The van der Waals surface area contributed by atoms with Crippen molar-refractivity contribution in [2.45, 2.75) is 10.5 Å². The highest BCUT2D eigenvalue weighted by atomic mass is 35.5. The first-order valence-electron chi connectivity index (χ1n) is 8.22. The number of hydrogen-bond acceptors (Lipinski definition) is 6. The molecule has 0 aliphatic heterocycles. The van der Waals surface area contributed by atoms with Crippen LogP contribution in [0.4, 0.5) is 24.0 Å². The molecule has 1 heterocycles. The standard InChI is InChI=1S/C18H12ClF3N4O2S2/c19-12-7-3-1-5-10(12)15(28)24-16-25-26-17(30-16)29-9-14(27)23-13-8-4-2-6-11(13)18(20,21)22/h1-8H,9H2,(H,23,27)(H,24,25,28). The molecule has 1 aromatic heterocycles. The lowest BCUT2D eigenvalue weighted by Crippen LogP contribution is -2.18. The molecule has 0 aliphatic carbocycles. The van der Waals surface area contributed by atoms with Crippen molar-refractivity contribution in [1.82, 2.24) is 10.2 Å². The average Bonchev–Trinajstić information content (AvgIpc) is 3.13. The number of carbonyl (C=O) groups excluding carboxylic acids is 2. The number of nitrogens with zero attached hydrogens (tertiary/aromatic N) is 2. The van der Waals surface area contributed by atoms with E-state index in [1.54, 1.807) is 24.3 Å². The Morgan fingerprint density at radius 1 is 1.03 bits per heavy atom. The third-order valence-electron chi connectivity index (χ3n) is 3.58. The number of anilines is 2. The lowest BCUT2D eigenvalue weighted by molar-refractivity contribution is -0.137. The quantitative estimate of drug-likeness (QED) is 0.381. The molecule has 0 unspecified atom stereocenters. The van der Waals surface area contributed by atoms with E-state index >= 15 is 0 Å². The van der Waals surface area contributed by atoms with Gasteiger partial charge in [0.15, 0.2) is 4.34 Å². The molecule has 30 heavy (non-hydrogen) atoms. The molecule has 2 aromatic carbocycles. The van der Waals surface area contributed by atoms with Crippen LogP contribution in [0.15, 0.2) is 52.9 Å². The zero-order valence-electron chi connectivity index (χ0n) is 14.9. The molecule has 6 nitrogen and oxygen atoms in total. The molecule has 2 amide bonds. The van der Waals surface area contributed by atoms with Gasteiger partial charge in [-0.25, -0.2) is 0 Å². The third-order valence-corrected chi connectivity index (χ3v) is 5.88. The van der Waals surface area contributed by atoms with Gasteiger partial charge in [0.25, 0.3) is 5.91 Å². The van der Waals surface area contributed by atoms with E-state index in [-0.39, 0.29) is 27.2 Å². The second kappa shape index (κ2) is 9.45. The minimum Gasteiger partial charge on any atom is -0.325 e. The van der Waals surface area contributed by atoms with Crippen LogP contribution in [0.1, 0.15) is 15.9 Å². The lowest BCUT2D eigenvalue weighted by atomic mass is 10.1. The summed E-state index contributed by atoms with van der Waals surface area (Å²) in [6.07, 6.45) is -4.58. The van der Waals surface area contributed by atoms with E-state index in [4.69, 9.17) is 11.6 Å². The van der Waals surface area contributed by atoms with E-state index < -0.39 is 23.6 Å². The number of halogens is 4. The zero-order chi connectivity index (χ0) is 21.7. The van der Waals surface area contributed by atoms with Gasteiger partial charge in [-0.2, -0.15) is 13.2 Å². The van der Waals surface area contributed by atoms with Gasteiger partial charge in [-0.05, 0) is 24.3 Å². The van der Waals surface area contributed by atoms with Crippen molar-refractivity contribution in [2.75, 3.05) is 16.4 Å². The number of nitrogens with one attached hydrogen (secondary N) is 2. The van der Waals surface area contributed by atoms with Gasteiger partial charge in [-0.1, -0.05) is 59.0 Å². The van der Waals surface area contributed by atoms with Gasteiger partial charge < -0.3 is 5.32 Å². The maximum absolute atomic E-state index is 13.0. The van der Waals surface area contributed by atoms with Crippen LogP contribution in [-0.4, -0.2) is 27.8 Å². The SMILES string of the molecule is O=C(CSc1nnc(NC(=O)c2ccccc2Cl)s1)Nc1ccccc1C(F)(F)F. The summed E-state index contributed by atoms with van der Waals surface area (Å²) < 4.78 is 39.3. The van der Waals surface area contributed by atoms with Crippen LogP contribution in [0.5, 0.6) is 0 Å². The Bertz CT molecular complexity index is 1080. The van der Waals surface area contributed by atoms with Crippen molar-refractivity contribution in [3.8, 4) is 0 Å². The summed E-state index contributed by atoms with van der Waals surface area (Å²) in [6.45, 7) is 0. The number of thioether (sulfide) groups is 1. The molecule has 0 saturated carbocycles. The fourth-order valence-electron chi connectivity index (χ4n) is 2.28. The van der Waals surface area contributed by atoms with Crippen LogP contribution >= 0.6 is 34.7 Å². The smallest absolute Gasteiger partial charge is 0.325 e. The molecule has 0 spiro atoms. The Morgan fingerprint density at radius 3 is 2.47 bits per heavy atom. The molecule has 0 bridgehead atoms. The zero-order valence-corrected chi connectivity index (χ0v) is 17.3. The summed E-state index contributed by atoms with van der Waals surface area (Å²) in [6, 6.07) is 11.2. The third kappa shape index (κ3) is 5.71. The molecule has 3 aromatic rings. The molecule has 0 fully saturated rings. The van der Waals surface area contributed by atoms with Crippen LogP contribution in [-0.2, 0) is 11.0 Å². The number of para-hydroxylation sites is 1. The fraction of sp³-hybridized carbons (Fsp3) is 0.111. The summed E-state index contributed by atoms with van der Waals surface area (Å²) in [5.74, 6) is -1.28.